The summed E-state index contributed by atoms with van der Waals surface area (Å²) in [6.07, 6.45) is 1.58. The molecule has 4 aromatic rings. The molecular weight excluding hydrogens is 598 g/mol. The van der Waals surface area contributed by atoms with Crippen molar-refractivity contribution in [2.24, 2.45) is 5.14 Å². The molecule has 2 heterocycles. The molecule has 2 aromatic carbocycles. The number of hydrogen-bond donors (Lipinski definition) is 1. The summed E-state index contributed by atoms with van der Waals surface area (Å²) in [7, 11) is -8.80. The molecule has 0 aliphatic carbocycles. The molecule has 0 spiro atoms. The quantitative estimate of drug-likeness (QED) is 0.128. The summed E-state index contributed by atoms with van der Waals surface area (Å²) < 4.78 is 70.6. The predicted octanol–water partition coefficient (Wildman–Crippen LogP) is -1.11. The Kier molecular flexibility index (Phi) is 11.1. The Balaban J connectivity index is 0.000000850. The first kappa shape index (κ1) is 32.3. The highest BCUT2D eigenvalue weighted by Gasteiger charge is 2.21. The van der Waals surface area contributed by atoms with Crippen molar-refractivity contribution in [3.05, 3.63) is 72.1 Å². The van der Waals surface area contributed by atoms with Gasteiger partial charge in [0.2, 0.25) is 10.9 Å². The molecular formula is C26H28ClN3O9S2. The van der Waals surface area contributed by atoms with Crippen LogP contribution in [0.2, 0.25) is 0 Å². The molecule has 41 heavy (non-hydrogen) atoms. The number of rotatable bonds is 10. The number of nitrogens with two attached hydrogens (primary N) is 1. The Morgan fingerprint density at radius 3 is 2.12 bits per heavy atom. The van der Waals surface area contributed by atoms with Crippen molar-refractivity contribution in [2.75, 3.05) is 13.2 Å². The molecule has 2 N–H and O–H groups in total. The topological polar surface area (TPSA) is 205 Å². The van der Waals surface area contributed by atoms with E-state index >= 15 is 0 Å². The number of thiazole rings is 1. The second-order valence-electron chi connectivity index (χ2n) is 8.49. The number of pyridine rings is 1. The highest BCUT2D eigenvalue weighted by molar-refractivity contribution is 7.91. The minimum absolute atomic E-state index is 0.0908. The summed E-state index contributed by atoms with van der Waals surface area (Å²) in [4.78, 5) is 16.6. The third-order valence-electron chi connectivity index (χ3n) is 5.66. The lowest BCUT2D eigenvalue weighted by atomic mass is 10.0. The summed E-state index contributed by atoms with van der Waals surface area (Å²) >= 11 is 0.978. The predicted molar refractivity (Wildman–Crippen MR) is 138 cm³/mol. The number of fused-ring (bicyclic) bond motifs is 1. The molecule has 4 rings (SSSR count). The normalized spacial score (nSPS) is 11.6. The van der Waals surface area contributed by atoms with Gasteiger partial charge >= 0.3 is 5.97 Å². The zero-order valence-corrected chi connectivity index (χ0v) is 24.5. The van der Waals surface area contributed by atoms with E-state index in [9.17, 15) is 13.2 Å². The van der Waals surface area contributed by atoms with Gasteiger partial charge in [0.05, 0.1) is 10.2 Å². The van der Waals surface area contributed by atoms with Crippen LogP contribution in [-0.2, 0) is 38.9 Å². The third-order valence-corrected chi connectivity index (χ3v) is 7.99. The average molecular weight is 626 g/mol. The SMILES string of the molecule is CCc1cc(-c2ccccc2)cc(CC)[n+]1CC(=O)OCCOc1ccc2nc(S(N)(=O)=O)sc2c1.[O-][Cl+3]([O-])([O-])[O-]. The molecule has 0 aliphatic heterocycles. The molecule has 220 valence electrons. The van der Waals surface area contributed by atoms with E-state index < -0.39 is 20.3 Å². The molecule has 0 unspecified atom stereocenters. The fourth-order valence-corrected chi connectivity index (χ4v) is 5.60. The molecule has 0 bridgehead atoms. The first-order valence-corrected chi connectivity index (χ1v) is 15.8. The van der Waals surface area contributed by atoms with E-state index in [0.29, 0.717) is 16.0 Å². The lowest BCUT2D eigenvalue weighted by molar-refractivity contribution is -2.00. The number of esters is 1. The number of aryl methyl sites for hydroxylation is 2. The molecule has 15 heteroatoms. The summed E-state index contributed by atoms with van der Waals surface area (Å²) in [6, 6.07) is 19.5. The third kappa shape index (κ3) is 9.98. The number of carbonyl (C=O) groups excluding carboxylic acids is 1. The minimum Gasteiger partial charge on any atom is -0.490 e. The van der Waals surface area contributed by atoms with E-state index in [0.717, 1.165) is 46.7 Å². The summed E-state index contributed by atoms with van der Waals surface area (Å²) in [5.41, 5.74) is 4.94. The Hall–Kier alpha value is -3.21. The van der Waals surface area contributed by atoms with E-state index in [-0.39, 0.29) is 30.1 Å². The summed E-state index contributed by atoms with van der Waals surface area (Å²) in [5, 5.41) is 5.15. The first-order chi connectivity index (χ1) is 19.3. The monoisotopic (exact) mass is 625 g/mol. The number of aromatic nitrogens is 2. The van der Waals surface area contributed by atoms with Crippen LogP contribution in [0.15, 0.2) is 65.0 Å². The van der Waals surface area contributed by atoms with Crippen LogP contribution in [0.4, 0.5) is 0 Å². The number of halogens is 1. The van der Waals surface area contributed by atoms with E-state index in [1.54, 1.807) is 18.2 Å². The van der Waals surface area contributed by atoms with Crippen molar-refractivity contribution < 1.29 is 56.1 Å². The van der Waals surface area contributed by atoms with Crippen molar-refractivity contribution in [1.82, 2.24) is 4.98 Å². The van der Waals surface area contributed by atoms with Crippen LogP contribution in [0.25, 0.3) is 21.3 Å². The largest absolute Gasteiger partial charge is 0.490 e. The van der Waals surface area contributed by atoms with Crippen LogP contribution in [-0.4, -0.2) is 32.6 Å². The van der Waals surface area contributed by atoms with Gasteiger partial charge in [0.15, 0.2) is 11.4 Å². The number of carbonyl (C=O) groups is 1. The molecule has 0 amide bonds. The highest BCUT2D eigenvalue weighted by atomic mass is 35.7. The van der Waals surface area contributed by atoms with Gasteiger partial charge in [0.25, 0.3) is 10.0 Å². The van der Waals surface area contributed by atoms with E-state index in [2.05, 4.69) is 43.1 Å². The number of ether oxygens (including phenoxy) is 2. The second-order valence-corrected chi connectivity index (χ2v) is 12.0. The van der Waals surface area contributed by atoms with Gasteiger partial charge in [-0.2, -0.15) is 4.57 Å². The van der Waals surface area contributed by atoms with Gasteiger partial charge in [-0.15, -0.1) is 21.6 Å². The van der Waals surface area contributed by atoms with Crippen LogP contribution in [0.1, 0.15) is 25.2 Å². The van der Waals surface area contributed by atoms with Gasteiger partial charge in [-0.05, 0) is 29.3 Å². The smallest absolute Gasteiger partial charge is 0.372 e. The molecule has 0 saturated carbocycles. The maximum atomic E-state index is 12.6. The molecule has 0 fully saturated rings. The van der Waals surface area contributed by atoms with E-state index in [1.807, 2.05) is 22.8 Å². The first-order valence-electron chi connectivity index (χ1n) is 12.2. The fourth-order valence-electron chi connectivity index (χ4n) is 3.91. The zero-order valence-electron chi connectivity index (χ0n) is 22.1. The highest BCUT2D eigenvalue weighted by Crippen LogP contribution is 2.28. The van der Waals surface area contributed by atoms with Gasteiger partial charge in [-0.25, -0.2) is 42.0 Å². The lowest BCUT2D eigenvalue weighted by Crippen LogP contribution is -2.68. The van der Waals surface area contributed by atoms with Crippen molar-refractivity contribution in [3.8, 4) is 16.9 Å². The molecule has 0 atom stereocenters. The van der Waals surface area contributed by atoms with Crippen LogP contribution < -0.4 is 33.1 Å². The van der Waals surface area contributed by atoms with Crippen molar-refractivity contribution >= 4 is 37.5 Å². The van der Waals surface area contributed by atoms with Crippen LogP contribution in [0.5, 0.6) is 5.75 Å². The number of benzene rings is 2. The summed E-state index contributed by atoms with van der Waals surface area (Å²) in [6.45, 7) is 4.53. The second kappa shape index (κ2) is 14.1. The average Bonchev–Trinajstić information content (AvgIpc) is 3.35. The van der Waals surface area contributed by atoms with Crippen molar-refractivity contribution in [1.29, 1.82) is 0 Å². The maximum absolute atomic E-state index is 12.6. The molecule has 0 radical (unpaired) electrons. The van der Waals surface area contributed by atoms with Crippen LogP contribution >= 0.6 is 11.3 Å². The lowest BCUT2D eigenvalue weighted by Gasteiger charge is -2.17. The van der Waals surface area contributed by atoms with Gasteiger partial charge in [0.1, 0.15) is 19.0 Å². The minimum atomic E-state index is -4.94. The van der Waals surface area contributed by atoms with Crippen LogP contribution in [0, 0.1) is 10.2 Å². The van der Waals surface area contributed by atoms with Gasteiger partial charge in [-0.3, -0.25) is 0 Å². The number of sulfonamides is 1. The number of primary sulfonamides is 1. The van der Waals surface area contributed by atoms with E-state index in [4.69, 9.17) is 33.2 Å². The summed E-state index contributed by atoms with van der Waals surface area (Å²) in [5.74, 6) is 0.187. The maximum Gasteiger partial charge on any atom is 0.372 e. The Bertz CT molecular complexity index is 1560. The zero-order chi connectivity index (χ0) is 30.2. The van der Waals surface area contributed by atoms with Crippen molar-refractivity contribution in [3.63, 3.8) is 0 Å². The molecule has 0 aliphatic rings. The Morgan fingerprint density at radius 2 is 1.56 bits per heavy atom. The molecule has 0 saturated heterocycles. The Labute approximate surface area is 243 Å². The number of hydrogen-bond acceptors (Lipinski definition) is 11. The standard InChI is InChI=1S/C26H28N3O5S2.ClHO4/c1-3-20-14-19(18-8-6-5-7-9-18)15-21(4-2)29(20)17-25(30)34-13-12-33-22-10-11-23-24(16-22)35-26(28-23)36(27,31)32;2-1(3,4)5/h5-11,14-16H,3-4,12-13,17H2,1-2H3,(H2,27,31,32);(H,2,3,4,5)/q+1;/p-1. The van der Waals surface area contributed by atoms with Gasteiger partial charge in [0, 0.05) is 25.0 Å². The van der Waals surface area contributed by atoms with Crippen molar-refractivity contribution in [2.45, 2.75) is 37.6 Å². The molecule has 12 nitrogen and oxygen atoms in total. The van der Waals surface area contributed by atoms with Gasteiger partial charge < -0.3 is 9.47 Å². The number of nitrogens with zero attached hydrogens (tertiary/aromatic N) is 2. The molecule has 2 aromatic heterocycles. The van der Waals surface area contributed by atoms with Crippen LogP contribution in [0.3, 0.4) is 0 Å². The van der Waals surface area contributed by atoms with E-state index in [1.165, 1.54) is 0 Å². The van der Waals surface area contributed by atoms with Gasteiger partial charge in [-0.1, -0.05) is 44.2 Å². The Morgan fingerprint density at radius 1 is 0.951 bits per heavy atom. The fraction of sp³-hybridized carbons (Fsp3) is 0.269.